The monoisotopic (exact) mass is 394 g/mol. The van der Waals surface area contributed by atoms with Gasteiger partial charge < -0.3 is 15.0 Å². The van der Waals surface area contributed by atoms with Gasteiger partial charge in [-0.1, -0.05) is 6.07 Å². The summed E-state index contributed by atoms with van der Waals surface area (Å²) in [7, 11) is 0. The third-order valence-corrected chi connectivity index (χ3v) is 5.07. The second-order valence-corrected chi connectivity index (χ2v) is 7.21. The normalized spacial score (nSPS) is 15.7. The number of benzene rings is 1. The Bertz CT molecular complexity index is 952. The lowest BCUT2D eigenvalue weighted by Crippen LogP contribution is -2.46. The standard InChI is InChI=1S/C21H22N4O4/c1-14-4-7-18(22-11-14)23-21(28)15-5-6-17-16(10-15)25(20(27)13-29-17)12-19(26)24-8-2-3-9-24/h4-7,10-11H,2-3,8-9,12-13H2,1H3,(H,22,23,28). The Balaban J connectivity index is 1.55. The fourth-order valence-corrected chi connectivity index (χ4v) is 3.45. The molecule has 8 nitrogen and oxygen atoms in total. The third-order valence-electron chi connectivity index (χ3n) is 5.07. The highest BCUT2D eigenvalue weighted by atomic mass is 16.5. The van der Waals surface area contributed by atoms with Gasteiger partial charge in [0, 0.05) is 24.8 Å². The molecule has 0 atom stereocenters. The van der Waals surface area contributed by atoms with Gasteiger partial charge >= 0.3 is 0 Å². The molecule has 3 amide bonds. The fourth-order valence-electron chi connectivity index (χ4n) is 3.45. The Labute approximate surface area is 168 Å². The van der Waals surface area contributed by atoms with Crippen molar-refractivity contribution in [3.8, 4) is 5.75 Å². The van der Waals surface area contributed by atoms with Crippen LogP contribution in [0.25, 0.3) is 0 Å². The number of rotatable bonds is 4. The zero-order valence-electron chi connectivity index (χ0n) is 16.2. The number of nitrogens with zero attached hydrogens (tertiary/aromatic N) is 3. The van der Waals surface area contributed by atoms with E-state index in [2.05, 4.69) is 10.3 Å². The Morgan fingerprint density at radius 2 is 1.97 bits per heavy atom. The third kappa shape index (κ3) is 4.06. The first-order chi connectivity index (χ1) is 14.0. The number of nitrogens with one attached hydrogen (secondary N) is 1. The average molecular weight is 394 g/mol. The van der Waals surface area contributed by atoms with Crippen LogP contribution < -0.4 is 15.0 Å². The van der Waals surface area contributed by atoms with E-state index in [1.807, 2.05) is 13.0 Å². The summed E-state index contributed by atoms with van der Waals surface area (Å²) in [5.74, 6) is 0.161. The van der Waals surface area contributed by atoms with Crippen LogP contribution in [0.15, 0.2) is 36.5 Å². The van der Waals surface area contributed by atoms with Gasteiger partial charge in [-0.05, 0) is 49.6 Å². The number of aryl methyl sites for hydroxylation is 1. The number of ether oxygens (including phenoxy) is 1. The Kier molecular flexibility index (Phi) is 5.16. The highest BCUT2D eigenvalue weighted by Crippen LogP contribution is 2.33. The summed E-state index contributed by atoms with van der Waals surface area (Å²) in [6, 6.07) is 8.42. The number of aromatic nitrogens is 1. The van der Waals surface area contributed by atoms with E-state index < -0.39 is 0 Å². The molecule has 1 fully saturated rings. The summed E-state index contributed by atoms with van der Waals surface area (Å²) in [6.45, 7) is 3.17. The minimum Gasteiger partial charge on any atom is -0.482 e. The maximum absolute atomic E-state index is 12.6. The van der Waals surface area contributed by atoms with Crippen molar-refractivity contribution in [2.45, 2.75) is 19.8 Å². The van der Waals surface area contributed by atoms with Gasteiger partial charge in [-0.2, -0.15) is 0 Å². The molecule has 0 aliphatic carbocycles. The molecule has 2 aliphatic rings. The van der Waals surface area contributed by atoms with E-state index in [9.17, 15) is 14.4 Å². The molecule has 0 saturated carbocycles. The van der Waals surface area contributed by atoms with E-state index in [4.69, 9.17) is 4.74 Å². The molecular weight excluding hydrogens is 372 g/mol. The molecule has 1 aromatic heterocycles. The lowest BCUT2D eigenvalue weighted by Gasteiger charge is -2.30. The van der Waals surface area contributed by atoms with Crippen LogP contribution in [-0.2, 0) is 9.59 Å². The number of amides is 3. The zero-order chi connectivity index (χ0) is 20.4. The van der Waals surface area contributed by atoms with Gasteiger partial charge in [-0.3, -0.25) is 19.3 Å². The molecule has 2 aromatic rings. The molecule has 2 aliphatic heterocycles. The summed E-state index contributed by atoms with van der Waals surface area (Å²) in [5.41, 5.74) is 1.77. The number of likely N-dealkylation sites (tertiary alicyclic amines) is 1. The number of carbonyl (C=O) groups is 3. The average Bonchev–Trinajstić information content (AvgIpc) is 3.26. The van der Waals surface area contributed by atoms with E-state index in [1.165, 1.54) is 4.90 Å². The summed E-state index contributed by atoms with van der Waals surface area (Å²) in [6.07, 6.45) is 3.63. The molecule has 8 heteroatoms. The summed E-state index contributed by atoms with van der Waals surface area (Å²) >= 11 is 0. The van der Waals surface area contributed by atoms with Crippen molar-refractivity contribution in [1.82, 2.24) is 9.88 Å². The molecule has 1 aromatic carbocycles. The topological polar surface area (TPSA) is 91.8 Å². The van der Waals surface area contributed by atoms with Crippen molar-refractivity contribution in [2.75, 3.05) is 36.5 Å². The highest BCUT2D eigenvalue weighted by Gasteiger charge is 2.30. The zero-order valence-corrected chi connectivity index (χ0v) is 16.2. The number of anilines is 2. The molecular formula is C21H22N4O4. The Hall–Kier alpha value is -3.42. The molecule has 29 heavy (non-hydrogen) atoms. The molecule has 0 unspecified atom stereocenters. The maximum Gasteiger partial charge on any atom is 0.265 e. The van der Waals surface area contributed by atoms with E-state index in [1.54, 1.807) is 35.4 Å². The van der Waals surface area contributed by atoms with Gasteiger partial charge in [0.2, 0.25) is 5.91 Å². The second kappa shape index (κ2) is 7.90. The lowest BCUT2D eigenvalue weighted by atomic mass is 10.1. The van der Waals surface area contributed by atoms with Crippen LogP contribution in [0.5, 0.6) is 5.75 Å². The number of carbonyl (C=O) groups excluding carboxylic acids is 3. The Morgan fingerprint density at radius 1 is 1.17 bits per heavy atom. The number of pyridine rings is 1. The van der Waals surface area contributed by atoms with E-state index in [-0.39, 0.29) is 30.9 Å². The quantitative estimate of drug-likeness (QED) is 0.856. The van der Waals surface area contributed by atoms with Crippen LogP contribution in [0.1, 0.15) is 28.8 Å². The van der Waals surface area contributed by atoms with Crippen molar-refractivity contribution < 1.29 is 19.1 Å². The maximum atomic E-state index is 12.6. The second-order valence-electron chi connectivity index (χ2n) is 7.21. The predicted octanol–water partition coefficient (Wildman–Crippen LogP) is 1.99. The van der Waals surface area contributed by atoms with Gasteiger partial charge in [-0.15, -0.1) is 0 Å². The van der Waals surface area contributed by atoms with Crippen molar-refractivity contribution in [2.24, 2.45) is 0 Å². The smallest absolute Gasteiger partial charge is 0.265 e. The fraction of sp³-hybridized carbons (Fsp3) is 0.333. The molecule has 150 valence electrons. The van der Waals surface area contributed by atoms with Gasteiger partial charge in [0.05, 0.1) is 5.69 Å². The summed E-state index contributed by atoms with van der Waals surface area (Å²) in [4.78, 5) is 45.0. The lowest BCUT2D eigenvalue weighted by molar-refractivity contribution is -0.131. The first-order valence-corrected chi connectivity index (χ1v) is 9.60. The SMILES string of the molecule is Cc1ccc(NC(=O)c2ccc3c(c2)N(CC(=O)N2CCCC2)C(=O)CO3)nc1. The first kappa shape index (κ1) is 18.9. The van der Waals surface area contributed by atoms with Gasteiger partial charge in [0.1, 0.15) is 18.1 Å². The first-order valence-electron chi connectivity index (χ1n) is 9.60. The number of fused-ring (bicyclic) bond motifs is 1. The largest absolute Gasteiger partial charge is 0.482 e. The molecule has 0 bridgehead atoms. The van der Waals surface area contributed by atoms with Crippen LogP contribution in [0.3, 0.4) is 0 Å². The Morgan fingerprint density at radius 3 is 2.69 bits per heavy atom. The highest BCUT2D eigenvalue weighted by molar-refractivity contribution is 6.07. The van der Waals surface area contributed by atoms with Gasteiger partial charge in [0.15, 0.2) is 6.61 Å². The predicted molar refractivity (Wildman–Crippen MR) is 107 cm³/mol. The molecule has 0 spiro atoms. The van der Waals surface area contributed by atoms with Crippen molar-refractivity contribution in [3.63, 3.8) is 0 Å². The van der Waals surface area contributed by atoms with Crippen molar-refractivity contribution >= 4 is 29.2 Å². The van der Waals surface area contributed by atoms with Gasteiger partial charge in [0.25, 0.3) is 11.8 Å². The molecule has 1 saturated heterocycles. The van der Waals surface area contributed by atoms with Crippen LogP contribution in [0, 0.1) is 6.92 Å². The van der Waals surface area contributed by atoms with E-state index in [0.717, 1.165) is 31.5 Å². The van der Waals surface area contributed by atoms with Crippen molar-refractivity contribution in [3.05, 3.63) is 47.7 Å². The van der Waals surface area contributed by atoms with Gasteiger partial charge in [-0.25, -0.2) is 4.98 Å². The van der Waals surface area contributed by atoms with Crippen LogP contribution >= 0.6 is 0 Å². The summed E-state index contributed by atoms with van der Waals surface area (Å²) in [5, 5.41) is 2.73. The van der Waals surface area contributed by atoms with E-state index >= 15 is 0 Å². The molecule has 3 heterocycles. The summed E-state index contributed by atoms with van der Waals surface area (Å²) < 4.78 is 5.48. The minimum atomic E-state index is -0.354. The van der Waals surface area contributed by atoms with Crippen molar-refractivity contribution in [1.29, 1.82) is 0 Å². The van der Waals surface area contributed by atoms with Crippen LogP contribution in [0.2, 0.25) is 0 Å². The van der Waals surface area contributed by atoms with E-state index in [0.29, 0.717) is 22.8 Å². The molecule has 0 radical (unpaired) electrons. The number of hydrogen-bond acceptors (Lipinski definition) is 5. The van der Waals surface area contributed by atoms with Crippen LogP contribution in [-0.4, -0.2) is 53.8 Å². The minimum absolute atomic E-state index is 0.0558. The number of hydrogen-bond donors (Lipinski definition) is 1. The molecule has 1 N–H and O–H groups in total. The molecule has 4 rings (SSSR count). The van der Waals surface area contributed by atoms with Crippen LogP contribution in [0.4, 0.5) is 11.5 Å².